The summed E-state index contributed by atoms with van der Waals surface area (Å²) in [5, 5.41) is 0. The molecule has 3 heteroatoms. The van der Waals surface area contributed by atoms with Crippen LogP contribution < -0.4 is 0 Å². The Labute approximate surface area is 137 Å². The van der Waals surface area contributed by atoms with Crippen molar-refractivity contribution in [2.75, 3.05) is 7.05 Å². The van der Waals surface area contributed by atoms with E-state index in [1.807, 2.05) is 20.8 Å². The van der Waals surface area contributed by atoms with Crippen molar-refractivity contribution in [2.24, 2.45) is 5.92 Å². The molecule has 0 bridgehead atoms. The molecule has 2 unspecified atom stereocenters. The molecule has 0 aromatic heterocycles. The Morgan fingerprint density at radius 2 is 1.68 bits per heavy atom. The first-order valence-electron chi connectivity index (χ1n) is 9.22. The highest BCUT2D eigenvalue weighted by atomic mass is 16.5. The van der Waals surface area contributed by atoms with Gasteiger partial charge in [0.1, 0.15) is 5.60 Å². The molecule has 2 aliphatic rings. The molecule has 1 saturated heterocycles. The Morgan fingerprint density at radius 1 is 1.05 bits per heavy atom. The lowest BCUT2D eigenvalue weighted by Crippen LogP contribution is -2.47. The Morgan fingerprint density at radius 3 is 2.14 bits per heavy atom. The van der Waals surface area contributed by atoms with Crippen molar-refractivity contribution in [2.45, 2.75) is 103 Å². The van der Waals surface area contributed by atoms with Gasteiger partial charge in [-0.1, -0.05) is 32.6 Å². The van der Waals surface area contributed by atoms with E-state index in [1.54, 1.807) is 0 Å². The van der Waals surface area contributed by atoms with Gasteiger partial charge in [0.05, 0.1) is 0 Å². The smallest absolute Gasteiger partial charge is 0.293 e. The Bertz CT molecular complexity index is 303. The standard InChI is InChI=1S/C14H27N.C5H10O2/c1-3-13-10-7-11-14(15(13)2)12-8-5-4-6-9-12;1-5(2,3)7-4-6/h12-14H,3-11H2,1-2H3;4H,1-3H3. The third-order valence-electron chi connectivity index (χ3n) is 5.20. The highest BCUT2D eigenvalue weighted by molar-refractivity contribution is 5.37. The van der Waals surface area contributed by atoms with Crippen molar-refractivity contribution in [1.82, 2.24) is 4.90 Å². The predicted molar refractivity (Wildman–Crippen MR) is 93.0 cm³/mol. The molecule has 0 radical (unpaired) electrons. The van der Waals surface area contributed by atoms with E-state index in [-0.39, 0.29) is 5.60 Å². The van der Waals surface area contributed by atoms with Crippen LogP contribution in [0.1, 0.15) is 85.5 Å². The molecular formula is C19H37NO2. The average Bonchev–Trinajstić information content (AvgIpc) is 2.48. The van der Waals surface area contributed by atoms with Gasteiger partial charge in [-0.25, -0.2) is 0 Å². The van der Waals surface area contributed by atoms with Gasteiger partial charge in [-0.15, -0.1) is 0 Å². The van der Waals surface area contributed by atoms with Crippen molar-refractivity contribution in [3.63, 3.8) is 0 Å². The van der Waals surface area contributed by atoms with Crippen LogP contribution in [0.3, 0.4) is 0 Å². The van der Waals surface area contributed by atoms with Gasteiger partial charge in [-0.05, 0) is 65.8 Å². The summed E-state index contributed by atoms with van der Waals surface area (Å²) in [5.74, 6) is 1.03. The second-order valence-corrected chi connectivity index (χ2v) is 7.95. The topological polar surface area (TPSA) is 29.5 Å². The molecule has 0 aromatic carbocycles. The quantitative estimate of drug-likeness (QED) is 0.702. The van der Waals surface area contributed by atoms with Crippen LogP contribution in [0.25, 0.3) is 0 Å². The van der Waals surface area contributed by atoms with E-state index >= 15 is 0 Å². The molecule has 2 rings (SSSR count). The number of carbonyl (C=O) groups is 1. The third kappa shape index (κ3) is 6.68. The van der Waals surface area contributed by atoms with Crippen LogP contribution in [0, 0.1) is 5.92 Å². The second kappa shape index (κ2) is 9.54. The summed E-state index contributed by atoms with van der Waals surface area (Å²) in [7, 11) is 2.38. The molecule has 22 heavy (non-hydrogen) atoms. The van der Waals surface area contributed by atoms with Crippen LogP contribution in [0.15, 0.2) is 0 Å². The first kappa shape index (κ1) is 19.5. The Balaban J connectivity index is 0.000000295. The molecule has 0 N–H and O–H groups in total. The summed E-state index contributed by atoms with van der Waals surface area (Å²) in [6.07, 6.45) is 13.2. The highest BCUT2D eigenvalue weighted by Gasteiger charge is 2.32. The summed E-state index contributed by atoms with van der Waals surface area (Å²) < 4.78 is 4.55. The largest absolute Gasteiger partial charge is 0.462 e. The zero-order valence-electron chi connectivity index (χ0n) is 15.4. The molecule has 1 saturated carbocycles. The minimum Gasteiger partial charge on any atom is -0.462 e. The van der Waals surface area contributed by atoms with Crippen LogP contribution in [0.2, 0.25) is 0 Å². The van der Waals surface area contributed by atoms with Crippen molar-refractivity contribution >= 4 is 6.47 Å². The molecule has 130 valence electrons. The maximum atomic E-state index is 9.60. The molecule has 1 heterocycles. The number of piperidine rings is 1. The van der Waals surface area contributed by atoms with Crippen LogP contribution in [0.4, 0.5) is 0 Å². The van der Waals surface area contributed by atoms with Gasteiger partial charge < -0.3 is 9.64 Å². The van der Waals surface area contributed by atoms with E-state index < -0.39 is 0 Å². The molecule has 1 aliphatic heterocycles. The van der Waals surface area contributed by atoms with Crippen molar-refractivity contribution in [1.29, 1.82) is 0 Å². The summed E-state index contributed by atoms with van der Waals surface area (Å²) in [6, 6.07) is 1.80. The van der Waals surface area contributed by atoms with E-state index in [0.29, 0.717) is 6.47 Å². The van der Waals surface area contributed by atoms with Gasteiger partial charge in [0.2, 0.25) is 0 Å². The van der Waals surface area contributed by atoms with Crippen LogP contribution in [0.5, 0.6) is 0 Å². The van der Waals surface area contributed by atoms with Crippen molar-refractivity contribution in [3.8, 4) is 0 Å². The first-order valence-corrected chi connectivity index (χ1v) is 9.22. The van der Waals surface area contributed by atoms with Crippen LogP contribution in [-0.4, -0.2) is 36.1 Å². The van der Waals surface area contributed by atoms with Gasteiger partial charge in [-0.3, -0.25) is 4.79 Å². The minimum atomic E-state index is -0.318. The van der Waals surface area contributed by atoms with Gasteiger partial charge in [0.15, 0.2) is 0 Å². The predicted octanol–water partition coefficient (Wildman–Crippen LogP) is 4.79. The number of carbonyl (C=O) groups excluding carboxylic acids is 1. The van der Waals surface area contributed by atoms with E-state index in [0.717, 1.165) is 18.0 Å². The van der Waals surface area contributed by atoms with E-state index in [9.17, 15) is 4.79 Å². The summed E-state index contributed by atoms with van der Waals surface area (Å²) in [4.78, 5) is 12.3. The zero-order valence-corrected chi connectivity index (χ0v) is 15.4. The van der Waals surface area contributed by atoms with Crippen LogP contribution >= 0.6 is 0 Å². The van der Waals surface area contributed by atoms with Gasteiger partial charge in [-0.2, -0.15) is 0 Å². The number of nitrogens with zero attached hydrogens (tertiary/aromatic N) is 1. The number of hydrogen-bond acceptors (Lipinski definition) is 3. The first-order chi connectivity index (χ1) is 10.4. The fraction of sp³-hybridized carbons (Fsp3) is 0.947. The minimum absolute atomic E-state index is 0.318. The maximum Gasteiger partial charge on any atom is 0.293 e. The number of hydrogen-bond donors (Lipinski definition) is 0. The molecule has 2 atom stereocenters. The number of rotatable bonds is 3. The Kier molecular flexibility index (Phi) is 8.45. The number of ether oxygens (including phenoxy) is 1. The molecule has 2 fully saturated rings. The van der Waals surface area contributed by atoms with E-state index in [4.69, 9.17) is 0 Å². The monoisotopic (exact) mass is 311 g/mol. The lowest BCUT2D eigenvalue weighted by Gasteiger charge is -2.44. The molecule has 3 nitrogen and oxygen atoms in total. The normalized spacial score (nSPS) is 27.7. The van der Waals surface area contributed by atoms with Crippen LogP contribution in [-0.2, 0) is 9.53 Å². The van der Waals surface area contributed by atoms with Gasteiger partial charge in [0, 0.05) is 12.1 Å². The lowest BCUT2D eigenvalue weighted by molar-refractivity contribution is -0.138. The summed E-state index contributed by atoms with van der Waals surface area (Å²) in [6.45, 7) is 8.27. The summed E-state index contributed by atoms with van der Waals surface area (Å²) in [5.41, 5.74) is -0.318. The fourth-order valence-electron chi connectivity index (χ4n) is 3.96. The van der Waals surface area contributed by atoms with E-state index in [2.05, 4.69) is 23.6 Å². The maximum absolute atomic E-state index is 9.60. The molecule has 0 spiro atoms. The second-order valence-electron chi connectivity index (χ2n) is 7.95. The Hall–Kier alpha value is -0.570. The average molecular weight is 312 g/mol. The van der Waals surface area contributed by atoms with Gasteiger partial charge >= 0.3 is 0 Å². The summed E-state index contributed by atoms with van der Waals surface area (Å²) >= 11 is 0. The molecule has 1 aliphatic carbocycles. The SMILES string of the molecule is CC(C)(C)OC=O.CCC1CCCC(C2CCCCC2)N1C. The molecular weight excluding hydrogens is 274 g/mol. The van der Waals surface area contributed by atoms with Gasteiger partial charge in [0.25, 0.3) is 6.47 Å². The third-order valence-corrected chi connectivity index (χ3v) is 5.20. The number of likely N-dealkylation sites (tertiary alicyclic amines) is 1. The zero-order chi connectivity index (χ0) is 16.6. The van der Waals surface area contributed by atoms with Crippen molar-refractivity contribution < 1.29 is 9.53 Å². The lowest BCUT2D eigenvalue weighted by atomic mass is 9.78. The highest BCUT2D eigenvalue weighted by Crippen LogP contribution is 2.35. The van der Waals surface area contributed by atoms with Crippen molar-refractivity contribution in [3.05, 3.63) is 0 Å². The van der Waals surface area contributed by atoms with E-state index in [1.165, 1.54) is 57.8 Å². The molecule has 0 amide bonds. The fourth-order valence-corrected chi connectivity index (χ4v) is 3.96. The molecule has 0 aromatic rings.